The van der Waals surface area contributed by atoms with Crippen molar-refractivity contribution in [2.75, 3.05) is 0 Å². The van der Waals surface area contributed by atoms with Crippen molar-refractivity contribution in [3.63, 3.8) is 0 Å². The molecule has 1 aliphatic carbocycles. The topological polar surface area (TPSA) is 29.5 Å². The van der Waals surface area contributed by atoms with Gasteiger partial charge in [-0.1, -0.05) is 18.2 Å². The zero-order valence-corrected chi connectivity index (χ0v) is 11.6. The second-order valence-electron chi connectivity index (χ2n) is 5.93. The van der Waals surface area contributed by atoms with Crippen molar-refractivity contribution >= 4 is 6.09 Å². The molecule has 0 bridgehead atoms. The lowest BCUT2D eigenvalue weighted by Crippen LogP contribution is -2.38. The fourth-order valence-electron chi connectivity index (χ4n) is 1.86. The Kier molecular flexibility index (Phi) is 3.78. The molecule has 1 amide bonds. The van der Waals surface area contributed by atoms with Crippen molar-refractivity contribution in [2.45, 2.75) is 51.8 Å². The number of halogens is 1. The zero-order chi connectivity index (χ0) is 14.0. The number of ether oxygens (including phenoxy) is 1. The van der Waals surface area contributed by atoms with E-state index in [9.17, 15) is 9.18 Å². The summed E-state index contributed by atoms with van der Waals surface area (Å²) in [5.41, 5.74) is -0.000300. The Morgan fingerprint density at radius 2 is 2.00 bits per heavy atom. The third-order valence-electron chi connectivity index (χ3n) is 2.91. The lowest BCUT2D eigenvalue weighted by atomic mass is 10.2. The molecule has 1 aromatic carbocycles. The second-order valence-corrected chi connectivity index (χ2v) is 5.93. The Morgan fingerprint density at radius 3 is 2.53 bits per heavy atom. The van der Waals surface area contributed by atoms with E-state index < -0.39 is 5.60 Å². The molecule has 0 atom stereocenters. The molecule has 2 rings (SSSR count). The highest BCUT2D eigenvalue weighted by molar-refractivity contribution is 5.69. The van der Waals surface area contributed by atoms with E-state index >= 15 is 0 Å². The van der Waals surface area contributed by atoms with Gasteiger partial charge in [0.1, 0.15) is 11.4 Å². The second kappa shape index (κ2) is 5.19. The predicted octanol–water partition coefficient (Wildman–Crippen LogP) is 3.73. The lowest BCUT2D eigenvalue weighted by molar-refractivity contribution is 0.0215. The number of amides is 1. The molecule has 0 heterocycles. The highest BCUT2D eigenvalue weighted by Gasteiger charge is 2.35. The van der Waals surface area contributed by atoms with E-state index in [1.54, 1.807) is 23.1 Å². The van der Waals surface area contributed by atoms with Gasteiger partial charge in [0.2, 0.25) is 0 Å². The van der Waals surface area contributed by atoms with E-state index in [0.29, 0.717) is 5.56 Å². The maximum Gasteiger partial charge on any atom is 0.410 e. The molecule has 104 valence electrons. The van der Waals surface area contributed by atoms with Crippen LogP contribution in [-0.2, 0) is 11.3 Å². The third-order valence-corrected chi connectivity index (χ3v) is 2.91. The molecule has 0 aromatic heterocycles. The largest absolute Gasteiger partial charge is 0.444 e. The van der Waals surface area contributed by atoms with E-state index in [-0.39, 0.29) is 24.5 Å². The monoisotopic (exact) mass is 265 g/mol. The van der Waals surface area contributed by atoms with Gasteiger partial charge in [-0.2, -0.15) is 0 Å². The highest BCUT2D eigenvalue weighted by Crippen LogP contribution is 2.30. The van der Waals surface area contributed by atoms with Gasteiger partial charge in [-0.15, -0.1) is 0 Å². The van der Waals surface area contributed by atoms with Crippen molar-refractivity contribution in [3.8, 4) is 0 Å². The number of carbonyl (C=O) groups excluding carboxylic acids is 1. The molecule has 19 heavy (non-hydrogen) atoms. The molecule has 0 aliphatic heterocycles. The van der Waals surface area contributed by atoms with Crippen LogP contribution in [0.4, 0.5) is 9.18 Å². The Balaban J connectivity index is 2.09. The van der Waals surface area contributed by atoms with Gasteiger partial charge in [0.05, 0.1) is 6.54 Å². The van der Waals surface area contributed by atoms with Crippen molar-refractivity contribution in [2.24, 2.45) is 0 Å². The van der Waals surface area contributed by atoms with E-state index in [2.05, 4.69) is 0 Å². The van der Waals surface area contributed by atoms with Gasteiger partial charge < -0.3 is 9.64 Å². The summed E-state index contributed by atoms with van der Waals surface area (Å²) in [7, 11) is 0. The van der Waals surface area contributed by atoms with Crippen LogP contribution in [-0.4, -0.2) is 22.6 Å². The average molecular weight is 265 g/mol. The van der Waals surface area contributed by atoms with Gasteiger partial charge >= 0.3 is 6.09 Å². The molecule has 0 spiro atoms. The van der Waals surface area contributed by atoms with Crippen LogP contribution in [0.1, 0.15) is 39.2 Å². The van der Waals surface area contributed by atoms with Gasteiger partial charge in [-0.05, 0) is 39.7 Å². The quantitative estimate of drug-likeness (QED) is 0.833. The van der Waals surface area contributed by atoms with Crippen LogP contribution in [0.5, 0.6) is 0 Å². The SMILES string of the molecule is CC(C)(C)OC(=O)N(Cc1ccccc1F)C1CC1. The predicted molar refractivity (Wildman–Crippen MR) is 71.2 cm³/mol. The molecule has 0 unspecified atom stereocenters. The van der Waals surface area contributed by atoms with Gasteiger partial charge in [-0.3, -0.25) is 0 Å². The van der Waals surface area contributed by atoms with Crippen LogP contribution in [0.2, 0.25) is 0 Å². The molecule has 1 aromatic rings. The van der Waals surface area contributed by atoms with E-state index in [1.807, 2.05) is 20.8 Å². The van der Waals surface area contributed by atoms with Crippen LogP contribution in [0, 0.1) is 5.82 Å². The van der Waals surface area contributed by atoms with Gasteiger partial charge in [0, 0.05) is 11.6 Å². The molecule has 1 aliphatic rings. The Bertz CT molecular complexity index is 463. The van der Waals surface area contributed by atoms with Gasteiger partial charge in [-0.25, -0.2) is 9.18 Å². The molecule has 0 N–H and O–H groups in total. The number of hydrogen-bond acceptors (Lipinski definition) is 2. The summed E-state index contributed by atoms with van der Waals surface area (Å²) in [6.07, 6.45) is 1.57. The Hall–Kier alpha value is -1.58. The fourth-order valence-corrected chi connectivity index (χ4v) is 1.86. The van der Waals surface area contributed by atoms with Crippen LogP contribution < -0.4 is 0 Å². The smallest absolute Gasteiger partial charge is 0.410 e. The first kappa shape index (κ1) is 13.8. The average Bonchev–Trinajstić information content (AvgIpc) is 3.09. The normalized spacial score (nSPS) is 15.2. The number of hydrogen-bond donors (Lipinski definition) is 0. The van der Waals surface area contributed by atoms with Crippen molar-refractivity contribution in [1.29, 1.82) is 0 Å². The minimum absolute atomic E-state index is 0.189. The van der Waals surface area contributed by atoms with Crippen LogP contribution in [0.15, 0.2) is 24.3 Å². The number of benzene rings is 1. The van der Waals surface area contributed by atoms with E-state index in [1.165, 1.54) is 6.07 Å². The summed E-state index contributed by atoms with van der Waals surface area (Å²) in [6, 6.07) is 6.73. The summed E-state index contributed by atoms with van der Waals surface area (Å²) in [5, 5.41) is 0. The Labute approximate surface area is 113 Å². The summed E-state index contributed by atoms with van der Waals surface area (Å²) in [6.45, 7) is 5.77. The van der Waals surface area contributed by atoms with Gasteiger partial charge in [0.15, 0.2) is 0 Å². The summed E-state index contributed by atoms with van der Waals surface area (Å²) in [5.74, 6) is -0.281. The molecular formula is C15H20FNO2. The highest BCUT2D eigenvalue weighted by atomic mass is 19.1. The van der Waals surface area contributed by atoms with Crippen LogP contribution in [0.25, 0.3) is 0 Å². The van der Waals surface area contributed by atoms with Crippen LogP contribution >= 0.6 is 0 Å². The number of rotatable bonds is 3. The lowest BCUT2D eigenvalue weighted by Gasteiger charge is -2.27. The molecule has 0 saturated heterocycles. The van der Waals surface area contributed by atoms with E-state index in [0.717, 1.165) is 12.8 Å². The third kappa shape index (κ3) is 3.94. The maximum atomic E-state index is 13.7. The number of nitrogens with zero attached hydrogens (tertiary/aromatic N) is 1. The van der Waals surface area contributed by atoms with Gasteiger partial charge in [0.25, 0.3) is 0 Å². The number of carbonyl (C=O) groups is 1. The molecule has 1 saturated carbocycles. The summed E-state index contributed by atoms with van der Waals surface area (Å²) >= 11 is 0. The molecule has 0 radical (unpaired) electrons. The molecule has 1 fully saturated rings. The molecule has 4 heteroatoms. The zero-order valence-electron chi connectivity index (χ0n) is 11.6. The van der Waals surface area contributed by atoms with Crippen LogP contribution in [0.3, 0.4) is 0 Å². The standard InChI is InChI=1S/C15H20FNO2/c1-15(2,3)19-14(18)17(12-8-9-12)10-11-6-4-5-7-13(11)16/h4-7,12H,8-10H2,1-3H3. The molecule has 3 nitrogen and oxygen atoms in total. The van der Waals surface area contributed by atoms with E-state index in [4.69, 9.17) is 4.74 Å². The maximum absolute atomic E-state index is 13.7. The fraction of sp³-hybridized carbons (Fsp3) is 0.533. The van der Waals surface area contributed by atoms with Crippen molar-refractivity contribution in [3.05, 3.63) is 35.6 Å². The summed E-state index contributed by atoms with van der Waals surface area (Å²) in [4.78, 5) is 13.8. The first-order chi connectivity index (χ1) is 8.87. The first-order valence-corrected chi connectivity index (χ1v) is 6.60. The minimum Gasteiger partial charge on any atom is -0.444 e. The first-order valence-electron chi connectivity index (χ1n) is 6.60. The summed E-state index contributed by atoms with van der Waals surface area (Å²) < 4.78 is 19.0. The minimum atomic E-state index is -0.528. The van der Waals surface area contributed by atoms with Crippen molar-refractivity contribution in [1.82, 2.24) is 4.90 Å². The molecular weight excluding hydrogens is 245 g/mol. The Morgan fingerprint density at radius 1 is 1.37 bits per heavy atom. The van der Waals surface area contributed by atoms with Crippen molar-refractivity contribution < 1.29 is 13.9 Å².